The van der Waals surface area contributed by atoms with Crippen LogP contribution < -0.4 is 0 Å². The lowest BCUT2D eigenvalue weighted by Crippen LogP contribution is -2.44. The summed E-state index contributed by atoms with van der Waals surface area (Å²) < 4.78 is 10.1. The number of carbonyl (C=O) groups is 6. The molecule has 0 N–H and O–H groups in total. The molecule has 2 aliphatic heterocycles. The number of ether oxygens (including phenoxy) is 2. The van der Waals surface area contributed by atoms with Gasteiger partial charge in [0.2, 0.25) is 0 Å². The standard InChI is InChI=1S/C22H10Cl4O8/c23-9-3-1-7(5-11(9)25)15(27)13-17(29)21(31)33-19(13)20-14(18(30)22(32)34-20)16(28)8-2-4-10(24)12(26)6-8/h1-6,13-14,19-20H/t13-,14-,19+,20+/m1/s1. The van der Waals surface area contributed by atoms with Crippen molar-refractivity contribution in [2.45, 2.75) is 12.2 Å². The number of rotatable bonds is 5. The maximum Gasteiger partial charge on any atom is 0.376 e. The lowest BCUT2D eigenvalue weighted by molar-refractivity contribution is -0.157. The molecule has 2 aliphatic rings. The summed E-state index contributed by atoms with van der Waals surface area (Å²) in [6, 6.07) is 7.53. The molecule has 0 bridgehead atoms. The number of halogens is 4. The number of ketones is 4. The van der Waals surface area contributed by atoms with E-state index >= 15 is 0 Å². The molecule has 0 unspecified atom stereocenters. The highest BCUT2D eigenvalue weighted by atomic mass is 35.5. The molecule has 0 amide bonds. The van der Waals surface area contributed by atoms with Crippen LogP contribution in [-0.2, 0) is 28.7 Å². The molecule has 2 saturated heterocycles. The van der Waals surface area contributed by atoms with Crippen LogP contribution in [-0.4, -0.2) is 47.3 Å². The molecular weight excluding hydrogens is 534 g/mol. The molecule has 0 aliphatic carbocycles. The number of Topliss-reactive ketones (excluding diaryl/α,β-unsaturated/α-hetero) is 4. The number of carbonyl (C=O) groups excluding carboxylic acids is 6. The van der Waals surface area contributed by atoms with Crippen LogP contribution in [0.1, 0.15) is 20.7 Å². The Labute approximate surface area is 211 Å². The largest absolute Gasteiger partial charge is 0.451 e. The van der Waals surface area contributed by atoms with Gasteiger partial charge in [-0.2, -0.15) is 0 Å². The fourth-order valence-corrected chi connectivity index (χ4v) is 4.36. The Balaban J connectivity index is 1.73. The smallest absolute Gasteiger partial charge is 0.376 e. The van der Waals surface area contributed by atoms with Crippen LogP contribution >= 0.6 is 46.4 Å². The van der Waals surface area contributed by atoms with E-state index in [2.05, 4.69) is 0 Å². The highest BCUT2D eigenvalue weighted by Crippen LogP contribution is 2.36. The molecule has 8 nitrogen and oxygen atoms in total. The van der Waals surface area contributed by atoms with Gasteiger partial charge >= 0.3 is 11.9 Å². The molecule has 12 heteroatoms. The first-order valence-corrected chi connectivity index (χ1v) is 11.0. The van der Waals surface area contributed by atoms with E-state index in [0.717, 1.165) is 0 Å². The van der Waals surface area contributed by atoms with Gasteiger partial charge in [0.15, 0.2) is 23.8 Å². The van der Waals surface area contributed by atoms with Crippen LogP contribution in [0.15, 0.2) is 36.4 Å². The van der Waals surface area contributed by atoms with Crippen LogP contribution in [0.25, 0.3) is 0 Å². The van der Waals surface area contributed by atoms with Crippen molar-refractivity contribution in [1.82, 2.24) is 0 Å². The Morgan fingerprint density at radius 1 is 0.588 bits per heavy atom. The highest BCUT2D eigenvalue weighted by molar-refractivity contribution is 6.45. The molecule has 0 saturated carbocycles. The molecule has 4 atom stereocenters. The average Bonchev–Trinajstić information content (AvgIpc) is 3.26. The summed E-state index contributed by atoms with van der Waals surface area (Å²) in [4.78, 5) is 75.5. The Bertz CT molecular complexity index is 1200. The summed E-state index contributed by atoms with van der Waals surface area (Å²) in [6.07, 6.45) is -3.46. The van der Waals surface area contributed by atoms with E-state index in [0.29, 0.717) is 0 Å². The van der Waals surface area contributed by atoms with Gasteiger partial charge in [0.25, 0.3) is 11.6 Å². The van der Waals surface area contributed by atoms with E-state index < -0.39 is 59.1 Å². The van der Waals surface area contributed by atoms with Gasteiger partial charge in [-0.15, -0.1) is 0 Å². The SMILES string of the molecule is O=C1O[C@H]([C@H]2OC(=O)C(=O)[C@H]2C(=O)c2ccc(Cl)c(Cl)c2)[C@H](C(=O)c2ccc(Cl)c(Cl)c2)C1=O. The molecule has 0 radical (unpaired) electrons. The zero-order valence-electron chi connectivity index (χ0n) is 16.6. The van der Waals surface area contributed by atoms with Gasteiger partial charge in [0.1, 0.15) is 11.8 Å². The second kappa shape index (κ2) is 9.11. The summed E-state index contributed by atoms with van der Waals surface area (Å²) in [5, 5.41) is 0.304. The van der Waals surface area contributed by atoms with Gasteiger partial charge in [0.05, 0.1) is 20.1 Å². The van der Waals surface area contributed by atoms with Gasteiger partial charge in [-0.1, -0.05) is 46.4 Å². The zero-order valence-corrected chi connectivity index (χ0v) is 19.6. The quantitative estimate of drug-likeness (QED) is 0.243. The number of cyclic esters (lactones) is 2. The minimum absolute atomic E-state index is 0.0110. The van der Waals surface area contributed by atoms with Gasteiger partial charge in [-0.3, -0.25) is 19.2 Å². The van der Waals surface area contributed by atoms with Crippen LogP contribution in [0.4, 0.5) is 0 Å². The third kappa shape index (κ3) is 4.11. The van der Waals surface area contributed by atoms with E-state index in [4.69, 9.17) is 55.9 Å². The Morgan fingerprint density at radius 2 is 0.941 bits per heavy atom. The molecule has 4 rings (SSSR count). The average molecular weight is 544 g/mol. The normalized spacial score (nSPS) is 24.2. The van der Waals surface area contributed by atoms with Crippen molar-refractivity contribution in [3.05, 3.63) is 67.6 Å². The van der Waals surface area contributed by atoms with Crippen molar-refractivity contribution in [1.29, 1.82) is 0 Å². The number of benzene rings is 2. The Hall–Kier alpha value is -2.78. The molecular formula is C22H10Cl4O8. The van der Waals surface area contributed by atoms with Crippen molar-refractivity contribution in [3.63, 3.8) is 0 Å². The summed E-state index contributed by atoms with van der Waals surface area (Å²) in [7, 11) is 0. The maximum atomic E-state index is 13.1. The predicted octanol–water partition coefficient (Wildman–Crippen LogP) is 3.59. The number of esters is 2. The van der Waals surface area contributed by atoms with Gasteiger partial charge in [-0.25, -0.2) is 9.59 Å². The molecule has 174 valence electrons. The molecule has 2 aromatic rings. The van der Waals surface area contributed by atoms with Crippen LogP contribution in [0.5, 0.6) is 0 Å². The van der Waals surface area contributed by atoms with Gasteiger partial charge in [0, 0.05) is 11.1 Å². The van der Waals surface area contributed by atoms with Crippen molar-refractivity contribution in [2.75, 3.05) is 0 Å². The fraction of sp³-hybridized carbons (Fsp3) is 0.182. The first-order chi connectivity index (χ1) is 16.0. The lowest BCUT2D eigenvalue weighted by atomic mass is 9.81. The van der Waals surface area contributed by atoms with Crippen molar-refractivity contribution < 1.29 is 38.2 Å². The summed E-state index contributed by atoms with van der Waals surface area (Å²) in [5.41, 5.74) is -0.168. The summed E-state index contributed by atoms with van der Waals surface area (Å²) in [5.74, 6) is -10.6. The molecule has 34 heavy (non-hydrogen) atoms. The lowest BCUT2D eigenvalue weighted by Gasteiger charge is -2.24. The van der Waals surface area contributed by atoms with Crippen molar-refractivity contribution in [3.8, 4) is 0 Å². The highest BCUT2D eigenvalue weighted by Gasteiger charge is 2.60. The maximum absolute atomic E-state index is 13.1. The number of hydrogen-bond acceptors (Lipinski definition) is 8. The van der Waals surface area contributed by atoms with Gasteiger partial charge < -0.3 is 9.47 Å². The predicted molar refractivity (Wildman–Crippen MR) is 118 cm³/mol. The second-order valence-corrected chi connectivity index (χ2v) is 9.04. The molecule has 2 aromatic carbocycles. The van der Waals surface area contributed by atoms with E-state index in [9.17, 15) is 28.8 Å². The van der Waals surface area contributed by atoms with E-state index in [1.165, 1.54) is 36.4 Å². The molecule has 2 heterocycles. The van der Waals surface area contributed by atoms with Crippen LogP contribution in [0, 0.1) is 11.8 Å². The molecule has 2 fully saturated rings. The van der Waals surface area contributed by atoms with E-state index in [1.807, 2.05) is 0 Å². The van der Waals surface area contributed by atoms with Crippen LogP contribution in [0.3, 0.4) is 0 Å². The Kier molecular flexibility index (Phi) is 6.52. The Morgan fingerprint density at radius 3 is 1.26 bits per heavy atom. The van der Waals surface area contributed by atoms with Gasteiger partial charge in [-0.05, 0) is 36.4 Å². The summed E-state index contributed by atoms with van der Waals surface area (Å²) in [6.45, 7) is 0. The minimum Gasteiger partial charge on any atom is -0.451 e. The van der Waals surface area contributed by atoms with Crippen molar-refractivity contribution >= 4 is 81.5 Å². The topological polar surface area (TPSA) is 121 Å². The third-order valence-electron chi connectivity index (χ3n) is 5.41. The molecule has 0 spiro atoms. The number of hydrogen-bond donors (Lipinski definition) is 0. The van der Waals surface area contributed by atoms with E-state index in [-0.39, 0.29) is 31.2 Å². The third-order valence-corrected chi connectivity index (χ3v) is 6.89. The summed E-state index contributed by atoms with van der Waals surface area (Å²) >= 11 is 23.6. The van der Waals surface area contributed by atoms with Crippen molar-refractivity contribution in [2.24, 2.45) is 11.8 Å². The van der Waals surface area contributed by atoms with E-state index in [1.54, 1.807) is 0 Å². The van der Waals surface area contributed by atoms with Crippen LogP contribution in [0.2, 0.25) is 20.1 Å². The zero-order chi connectivity index (χ0) is 24.9. The first kappa shape index (κ1) is 24.3. The molecule has 0 aromatic heterocycles. The second-order valence-electron chi connectivity index (χ2n) is 7.41. The monoisotopic (exact) mass is 542 g/mol. The minimum atomic E-state index is -1.79. The fourth-order valence-electron chi connectivity index (χ4n) is 3.76. The first-order valence-electron chi connectivity index (χ1n) is 9.49.